The Labute approximate surface area is 96.0 Å². The molecule has 82 valence electrons. The smallest absolute Gasteiger partial charge is 0.375 e. The van der Waals surface area contributed by atoms with Crippen molar-refractivity contribution < 1.29 is 13.9 Å². The van der Waals surface area contributed by atoms with E-state index < -0.39 is 5.97 Å². The summed E-state index contributed by atoms with van der Waals surface area (Å²) in [5.41, 5.74) is 0.500. The lowest BCUT2D eigenvalue weighted by Gasteiger charge is -1.94. The van der Waals surface area contributed by atoms with Crippen molar-refractivity contribution in [2.45, 2.75) is 0 Å². The number of aromatic nitrogens is 2. The third kappa shape index (κ3) is 2.04. The Hall–Kier alpha value is -1.88. The average molecular weight is 239 g/mol. The van der Waals surface area contributed by atoms with E-state index in [2.05, 4.69) is 14.7 Å². The number of hydrogen-bond acceptors (Lipinski definition) is 5. The van der Waals surface area contributed by atoms with Crippen LogP contribution < -0.4 is 0 Å². The Morgan fingerprint density at radius 2 is 2.19 bits per heavy atom. The van der Waals surface area contributed by atoms with Crippen LogP contribution in [0.25, 0.3) is 11.6 Å². The second-order valence-electron chi connectivity index (χ2n) is 2.88. The topological polar surface area (TPSA) is 65.2 Å². The number of oxazole rings is 1. The van der Waals surface area contributed by atoms with Gasteiger partial charge in [-0.15, -0.1) is 0 Å². The number of esters is 1. The summed E-state index contributed by atoms with van der Waals surface area (Å²) >= 11 is 5.69. The second-order valence-corrected chi connectivity index (χ2v) is 3.32. The lowest BCUT2D eigenvalue weighted by atomic mass is 10.3. The highest BCUT2D eigenvalue weighted by Gasteiger charge is 2.14. The van der Waals surface area contributed by atoms with Gasteiger partial charge in [0.2, 0.25) is 11.7 Å². The number of nitrogens with zero attached hydrogens (tertiary/aromatic N) is 2. The van der Waals surface area contributed by atoms with Crippen LogP contribution in [0.4, 0.5) is 0 Å². The molecule has 0 saturated heterocycles. The van der Waals surface area contributed by atoms with Gasteiger partial charge in [-0.2, -0.15) is 0 Å². The molecular formula is C10H7ClN2O3. The molecule has 2 heterocycles. The molecule has 0 radical (unpaired) electrons. The number of pyridine rings is 1. The van der Waals surface area contributed by atoms with Crippen molar-refractivity contribution in [3.8, 4) is 11.6 Å². The minimum atomic E-state index is -0.576. The Morgan fingerprint density at radius 3 is 2.81 bits per heavy atom. The summed E-state index contributed by atoms with van der Waals surface area (Å²) in [5, 5.41) is 0.517. The third-order valence-electron chi connectivity index (χ3n) is 1.84. The monoisotopic (exact) mass is 238 g/mol. The molecular weight excluding hydrogens is 232 g/mol. The summed E-state index contributed by atoms with van der Waals surface area (Å²) in [7, 11) is 1.27. The van der Waals surface area contributed by atoms with Crippen molar-refractivity contribution in [3.05, 3.63) is 35.3 Å². The van der Waals surface area contributed by atoms with Crippen LogP contribution in [0.3, 0.4) is 0 Å². The molecule has 0 saturated carbocycles. The highest BCUT2D eigenvalue weighted by molar-refractivity contribution is 6.30. The van der Waals surface area contributed by atoms with Gasteiger partial charge in [0.25, 0.3) is 0 Å². The number of carbonyl (C=O) groups is 1. The average Bonchev–Trinajstić information content (AvgIpc) is 2.78. The fourth-order valence-electron chi connectivity index (χ4n) is 1.09. The highest BCUT2D eigenvalue weighted by Crippen LogP contribution is 2.18. The van der Waals surface area contributed by atoms with Gasteiger partial charge in [0, 0.05) is 6.20 Å². The first-order valence-electron chi connectivity index (χ1n) is 4.37. The maximum absolute atomic E-state index is 11.1. The van der Waals surface area contributed by atoms with Crippen molar-refractivity contribution >= 4 is 17.6 Å². The van der Waals surface area contributed by atoms with Gasteiger partial charge in [-0.3, -0.25) is 0 Å². The van der Waals surface area contributed by atoms with E-state index in [0.717, 1.165) is 0 Å². The molecule has 16 heavy (non-hydrogen) atoms. The van der Waals surface area contributed by atoms with Crippen molar-refractivity contribution in [2.75, 3.05) is 7.11 Å². The van der Waals surface area contributed by atoms with Crippen LogP contribution in [0.1, 0.15) is 10.6 Å². The number of hydrogen-bond donors (Lipinski definition) is 0. The first-order chi connectivity index (χ1) is 7.70. The van der Waals surface area contributed by atoms with Gasteiger partial charge in [0.15, 0.2) is 0 Å². The maximum atomic E-state index is 11.1. The standard InChI is InChI=1S/C10H7ClN2O3/c1-15-10(14)8-5-13-9(16-8)7-3-2-6(11)4-12-7/h2-5H,1H3. The summed E-state index contributed by atoms with van der Waals surface area (Å²) in [6.45, 7) is 0. The molecule has 0 spiro atoms. The number of methoxy groups -OCH3 is 1. The lowest BCUT2D eigenvalue weighted by Crippen LogP contribution is -1.98. The largest absolute Gasteiger partial charge is 0.463 e. The van der Waals surface area contributed by atoms with E-state index in [9.17, 15) is 4.79 Å². The van der Waals surface area contributed by atoms with E-state index in [1.165, 1.54) is 19.5 Å². The first kappa shape index (κ1) is 10.6. The molecule has 0 atom stereocenters. The summed E-state index contributed by atoms with van der Waals surface area (Å²) in [4.78, 5) is 19.0. The second kappa shape index (κ2) is 4.32. The van der Waals surface area contributed by atoms with E-state index in [-0.39, 0.29) is 11.7 Å². The fourth-order valence-corrected chi connectivity index (χ4v) is 1.20. The number of carbonyl (C=O) groups excluding carboxylic acids is 1. The Bertz CT molecular complexity index is 507. The van der Waals surface area contributed by atoms with Gasteiger partial charge in [-0.05, 0) is 12.1 Å². The molecule has 0 bridgehead atoms. The molecule has 0 aliphatic carbocycles. The van der Waals surface area contributed by atoms with Crippen LogP contribution in [0.5, 0.6) is 0 Å². The van der Waals surface area contributed by atoms with Gasteiger partial charge in [0.05, 0.1) is 18.3 Å². The van der Waals surface area contributed by atoms with Crippen LogP contribution in [-0.2, 0) is 4.74 Å². The van der Waals surface area contributed by atoms with E-state index in [0.29, 0.717) is 10.7 Å². The van der Waals surface area contributed by atoms with Crippen molar-refractivity contribution in [1.29, 1.82) is 0 Å². The SMILES string of the molecule is COC(=O)c1cnc(-c2ccc(Cl)cn2)o1. The number of halogens is 1. The molecule has 0 aromatic carbocycles. The van der Waals surface area contributed by atoms with Gasteiger partial charge >= 0.3 is 5.97 Å². The van der Waals surface area contributed by atoms with E-state index in [1.54, 1.807) is 12.1 Å². The Morgan fingerprint density at radius 1 is 1.38 bits per heavy atom. The fraction of sp³-hybridized carbons (Fsp3) is 0.100. The van der Waals surface area contributed by atoms with Gasteiger partial charge in [-0.25, -0.2) is 14.8 Å². The van der Waals surface area contributed by atoms with Crippen LogP contribution in [0.15, 0.2) is 28.9 Å². The van der Waals surface area contributed by atoms with Gasteiger partial charge in [-0.1, -0.05) is 11.6 Å². The van der Waals surface area contributed by atoms with Crippen LogP contribution >= 0.6 is 11.6 Å². The zero-order valence-electron chi connectivity index (χ0n) is 8.31. The first-order valence-corrected chi connectivity index (χ1v) is 4.74. The zero-order valence-corrected chi connectivity index (χ0v) is 9.06. The molecule has 5 nitrogen and oxygen atoms in total. The minimum absolute atomic E-state index is 0.0363. The molecule has 0 aliphatic rings. The predicted molar refractivity (Wildman–Crippen MR) is 56.1 cm³/mol. The molecule has 6 heteroatoms. The summed E-state index contributed by atoms with van der Waals surface area (Å²) in [6.07, 6.45) is 2.76. The van der Waals surface area contributed by atoms with E-state index >= 15 is 0 Å². The predicted octanol–water partition coefficient (Wildman–Crippen LogP) is 2.18. The molecule has 2 aromatic rings. The third-order valence-corrected chi connectivity index (χ3v) is 2.06. The molecule has 2 aromatic heterocycles. The Kier molecular flexibility index (Phi) is 2.87. The molecule has 2 rings (SSSR count). The van der Waals surface area contributed by atoms with Crippen molar-refractivity contribution in [1.82, 2.24) is 9.97 Å². The molecule has 0 unspecified atom stereocenters. The van der Waals surface area contributed by atoms with Crippen LogP contribution in [-0.4, -0.2) is 23.0 Å². The van der Waals surface area contributed by atoms with Crippen LogP contribution in [0, 0.1) is 0 Å². The van der Waals surface area contributed by atoms with Gasteiger partial charge < -0.3 is 9.15 Å². The summed E-state index contributed by atoms with van der Waals surface area (Å²) in [5.74, 6) is -0.293. The molecule has 0 fully saturated rings. The van der Waals surface area contributed by atoms with Crippen molar-refractivity contribution in [3.63, 3.8) is 0 Å². The van der Waals surface area contributed by atoms with Crippen LogP contribution in [0.2, 0.25) is 5.02 Å². The normalized spacial score (nSPS) is 10.1. The molecule has 0 amide bonds. The minimum Gasteiger partial charge on any atom is -0.463 e. The summed E-state index contributed by atoms with van der Waals surface area (Å²) < 4.78 is 9.66. The molecule has 0 N–H and O–H groups in total. The molecule has 0 aliphatic heterocycles. The quantitative estimate of drug-likeness (QED) is 0.751. The number of ether oxygens (including phenoxy) is 1. The highest BCUT2D eigenvalue weighted by atomic mass is 35.5. The zero-order chi connectivity index (χ0) is 11.5. The summed E-state index contributed by atoms with van der Waals surface area (Å²) in [6, 6.07) is 3.31. The number of rotatable bonds is 2. The van der Waals surface area contributed by atoms with E-state index in [4.69, 9.17) is 16.0 Å². The van der Waals surface area contributed by atoms with E-state index in [1.807, 2.05) is 0 Å². The van der Waals surface area contributed by atoms with Gasteiger partial charge in [0.1, 0.15) is 5.69 Å². The Balaban J connectivity index is 2.31. The lowest BCUT2D eigenvalue weighted by molar-refractivity contribution is 0.0566. The van der Waals surface area contributed by atoms with Crippen molar-refractivity contribution in [2.24, 2.45) is 0 Å². The maximum Gasteiger partial charge on any atom is 0.375 e.